The molecule has 1 atom stereocenters. The number of hydrogen-bond donors (Lipinski definition) is 2. The van der Waals surface area contributed by atoms with Gasteiger partial charge >= 0.3 is 0 Å². The number of aliphatic hydroxyl groups excluding tert-OH is 1. The lowest BCUT2D eigenvalue weighted by Gasteiger charge is -2.12. The molecule has 0 saturated carbocycles. The maximum absolute atomic E-state index is 8.85. The van der Waals surface area contributed by atoms with Crippen LogP contribution in [0.15, 0.2) is 16.9 Å². The van der Waals surface area contributed by atoms with Gasteiger partial charge in [-0.3, -0.25) is 4.98 Å². The van der Waals surface area contributed by atoms with E-state index in [4.69, 9.17) is 15.6 Å². The Morgan fingerprint density at radius 3 is 2.93 bits per heavy atom. The number of hydrogen-bond acceptors (Lipinski definition) is 4. The predicted octanol–water partition coefficient (Wildman–Crippen LogP) is 0.715. The van der Waals surface area contributed by atoms with Crippen LogP contribution in [0.2, 0.25) is 0 Å². The maximum Gasteiger partial charge on any atom is 0.141 e. The molecule has 0 aliphatic heterocycles. The Morgan fingerprint density at radius 1 is 1.64 bits per heavy atom. The number of pyridine rings is 1. The molecule has 0 saturated heterocycles. The molecule has 1 aromatic heterocycles. The zero-order valence-electron chi connectivity index (χ0n) is 7.90. The minimum atomic E-state index is -0.275. The summed E-state index contributed by atoms with van der Waals surface area (Å²) in [7, 11) is 1.58. The normalized spacial score (nSPS) is 12.6. The molecule has 0 aliphatic rings. The molecular formula is C9H13BrN2O2. The first-order valence-corrected chi connectivity index (χ1v) is 5.01. The van der Waals surface area contributed by atoms with Crippen LogP contribution in [0.5, 0.6) is 5.75 Å². The molecule has 1 unspecified atom stereocenters. The van der Waals surface area contributed by atoms with E-state index in [9.17, 15) is 0 Å². The Hall–Kier alpha value is -0.650. The van der Waals surface area contributed by atoms with Crippen LogP contribution < -0.4 is 10.5 Å². The molecule has 5 heteroatoms. The predicted molar refractivity (Wildman–Crippen MR) is 57.3 cm³/mol. The number of aliphatic hydroxyl groups is 1. The van der Waals surface area contributed by atoms with Gasteiger partial charge in [-0.05, 0) is 22.4 Å². The first-order valence-electron chi connectivity index (χ1n) is 4.21. The van der Waals surface area contributed by atoms with Crippen molar-refractivity contribution in [3.63, 3.8) is 0 Å². The summed E-state index contributed by atoms with van der Waals surface area (Å²) in [5, 5.41) is 8.85. The zero-order chi connectivity index (χ0) is 10.6. The van der Waals surface area contributed by atoms with E-state index >= 15 is 0 Å². The van der Waals surface area contributed by atoms with Gasteiger partial charge in [-0.25, -0.2) is 0 Å². The number of nitrogens with zero attached hydrogens (tertiary/aromatic N) is 1. The second kappa shape index (κ2) is 5.29. The SMILES string of the molecule is COc1cncc(Br)c1CC(N)CO. The Bertz CT molecular complexity index is 307. The van der Waals surface area contributed by atoms with Crippen LogP contribution >= 0.6 is 15.9 Å². The lowest BCUT2D eigenvalue weighted by Crippen LogP contribution is -2.27. The summed E-state index contributed by atoms with van der Waals surface area (Å²) in [6.07, 6.45) is 3.87. The highest BCUT2D eigenvalue weighted by Gasteiger charge is 2.11. The smallest absolute Gasteiger partial charge is 0.141 e. The first kappa shape index (κ1) is 11.4. The van der Waals surface area contributed by atoms with Crippen molar-refractivity contribution in [3.05, 3.63) is 22.4 Å². The van der Waals surface area contributed by atoms with E-state index in [0.717, 1.165) is 10.0 Å². The highest BCUT2D eigenvalue weighted by atomic mass is 79.9. The molecule has 1 aromatic rings. The highest BCUT2D eigenvalue weighted by Crippen LogP contribution is 2.26. The fourth-order valence-electron chi connectivity index (χ4n) is 1.14. The Kier molecular flexibility index (Phi) is 4.31. The van der Waals surface area contributed by atoms with E-state index in [0.29, 0.717) is 12.2 Å². The standard InChI is InChI=1S/C9H13BrN2O2/c1-14-9-4-12-3-8(10)7(9)2-6(11)5-13/h3-4,6,13H,2,5,11H2,1H3. The summed E-state index contributed by atoms with van der Waals surface area (Å²) in [5.74, 6) is 0.684. The summed E-state index contributed by atoms with van der Waals surface area (Å²) in [6.45, 7) is -0.0437. The molecule has 78 valence electrons. The van der Waals surface area contributed by atoms with Crippen LogP contribution in [0, 0.1) is 0 Å². The quantitative estimate of drug-likeness (QED) is 0.837. The van der Waals surface area contributed by atoms with Crippen LogP contribution in [0.25, 0.3) is 0 Å². The number of aromatic nitrogens is 1. The van der Waals surface area contributed by atoms with Gasteiger partial charge in [0, 0.05) is 22.3 Å². The second-order valence-corrected chi connectivity index (χ2v) is 3.80. The number of halogens is 1. The van der Waals surface area contributed by atoms with Gasteiger partial charge in [-0.2, -0.15) is 0 Å². The van der Waals surface area contributed by atoms with Gasteiger partial charge in [0.1, 0.15) is 5.75 Å². The van der Waals surface area contributed by atoms with Crippen LogP contribution in [0.3, 0.4) is 0 Å². The van der Waals surface area contributed by atoms with Gasteiger partial charge in [0.2, 0.25) is 0 Å². The van der Waals surface area contributed by atoms with Crippen molar-refractivity contribution >= 4 is 15.9 Å². The molecule has 0 radical (unpaired) electrons. The summed E-state index contributed by atoms with van der Waals surface area (Å²) in [4.78, 5) is 3.97. The highest BCUT2D eigenvalue weighted by molar-refractivity contribution is 9.10. The third-order valence-electron chi connectivity index (χ3n) is 1.89. The Balaban J connectivity index is 2.92. The summed E-state index contributed by atoms with van der Waals surface area (Å²) in [5.41, 5.74) is 6.58. The van der Waals surface area contributed by atoms with E-state index in [1.54, 1.807) is 19.5 Å². The van der Waals surface area contributed by atoms with Crippen LogP contribution in [0.1, 0.15) is 5.56 Å². The molecule has 4 nitrogen and oxygen atoms in total. The second-order valence-electron chi connectivity index (χ2n) is 2.95. The molecular weight excluding hydrogens is 248 g/mol. The van der Waals surface area contributed by atoms with Crippen LogP contribution in [-0.2, 0) is 6.42 Å². The lowest BCUT2D eigenvalue weighted by molar-refractivity contribution is 0.264. The number of methoxy groups -OCH3 is 1. The first-order chi connectivity index (χ1) is 6.69. The largest absolute Gasteiger partial charge is 0.495 e. The number of rotatable bonds is 4. The summed E-state index contributed by atoms with van der Waals surface area (Å²) >= 11 is 3.37. The van der Waals surface area contributed by atoms with Crippen molar-refractivity contribution < 1.29 is 9.84 Å². The number of ether oxygens (including phenoxy) is 1. The minimum absolute atomic E-state index is 0.0437. The molecule has 1 rings (SSSR count). The van der Waals surface area contributed by atoms with Gasteiger partial charge < -0.3 is 15.6 Å². The van der Waals surface area contributed by atoms with Crippen LogP contribution in [0.4, 0.5) is 0 Å². The van der Waals surface area contributed by atoms with Gasteiger partial charge in [0.05, 0.1) is 19.9 Å². The third kappa shape index (κ3) is 2.67. The molecule has 0 spiro atoms. The summed E-state index contributed by atoms with van der Waals surface area (Å²) in [6, 6.07) is -0.275. The topological polar surface area (TPSA) is 68.4 Å². The average molecular weight is 261 g/mol. The third-order valence-corrected chi connectivity index (χ3v) is 2.57. The van der Waals surface area contributed by atoms with Gasteiger partial charge in [0.25, 0.3) is 0 Å². The van der Waals surface area contributed by atoms with Crippen molar-refractivity contribution in [2.24, 2.45) is 5.73 Å². The fourth-order valence-corrected chi connectivity index (χ4v) is 1.62. The molecule has 1 heterocycles. The van der Waals surface area contributed by atoms with Gasteiger partial charge in [-0.15, -0.1) is 0 Å². The molecule has 3 N–H and O–H groups in total. The monoisotopic (exact) mass is 260 g/mol. The van der Waals surface area contributed by atoms with Gasteiger partial charge in [0.15, 0.2) is 0 Å². The molecule has 0 aromatic carbocycles. The van der Waals surface area contributed by atoms with E-state index in [1.165, 1.54) is 0 Å². The van der Waals surface area contributed by atoms with Gasteiger partial charge in [-0.1, -0.05) is 0 Å². The average Bonchev–Trinajstić information content (AvgIpc) is 2.20. The van der Waals surface area contributed by atoms with Crippen molar-refractivity contribution in [1.82, 2.24) is 4.98 Å². The van der Waals surface area contributed by atoms with Crippen molar-refractivity contribution in [1.29, 1.82) is 0 Å². The molecule has 14 heavy (non-hydrogen) atoms. The van der Waals surface area contributed by atoms with E-state index in [1.807, 2.05) is 0 Å². The van der Waals surface area contributed by atoms with Crippen molar-refractivity contribution in [2.45, 2.75) is 12.5 Å². The Morgan fingerprint density at radius 2 is 2.36 bits per heavy atom. The molecule has 0 bridgehead atoms. The molecule has 0 aliphatic carbocycles. The molecule has 0 amide bonds. The summed E-state index contributed by atoms with van der Waals surface area (Å²) < 4.78 is 5.99. The number of nitrogens with two attached hydrogens (primary N) is 1. The van der Waals surface area contributed by atoms with Crippen molar-refractivity contribution in [2.75, 3.05) is 13.7 Å². The zero-order valence-corrected chi connectivity index (χ0v) is 9.49. The minimum Gasteiger partial charge on any atom is -0.495 e. The maximum atomic E-state index is 8.85. The van der Waals surface area contributed by atoms with Crippen molar-refractivity contribution in [3.8, 4) is 5.75 Å². The van der Waals surface area contributed by atoms with E-state index in [-0.39, 0.29) is 12.6 Å². The fraction of sp³-hybridized carbons (Fsp3) is 0.444. The van der Waals surface area contributed by atoms with E-state index in [2.05, 4.69) is 20.9 Å². The lowest BCUT2D eigenvalue weighted by atomic mass is 10.1. The molecule has 0 fully saturated rings. The van der Waals surface area contributed by atoms with Crippen LogP contribution in [-0.4, -0.2) is 29.8 Å². The Labute approximate surface area is 91.2 Å². The van der Waals surface area contributed by atoms with E-state index < -0.39 is 0 Å².